The predicted octanol–water partition coefficient (Wildman–Crippen LogP) is 6.59. The number of nitrogens with zero attached hydrogens (tertiary/aromatic N) is 3. The number of carbonyl (C=O) groups is 1. The van der Waals surface area contributed by atoms with Gasteiger partial charge in [-0.15, -0.1) is 0 Å². The molecular weight excluding hydrogens is 468 g/mol. The second-order valence-corrected chi connectivity index (χ2v) is 10.9. The van der Waals surface area contributed by atoms with E-state index >= 15 is 0 Å². The largest absolute Gasteiger partial charge is 0.374 e. The second-order valence-electron chi connectivity index (χ2n) is 10.9. The van der Waals surface area contributed by atoms with E-state index in [-0.39, 0.29) is 23.6 Å². The van der Waals surface area contributed by atoms with Gasteiger partial charge in [0.1, 0.15) is 11.6 Å². The van der Waals surface area contributed by atoms with E-state index in [9.17, 15) is 10.1 Å². The Morgan fingerprint density at radius 3 is 1.71 bits per heavy atom. The molecular formula is C33H44N4O. The van der Waals surface area contributed by atoms with Crippen molar-refractivity contribution in [2.45, 2.75) is 82.7 Å². The number of carbonyl (C=O) groups excluding carboxylic acids is 1. The highest BCUT2D eigenvalue weighted by Crippen LogP contribution is 2.29. The lowest BCUT2D eigenvalue weighted by molar-refractivity contribution is -0.118. The SMILES string of the molecule is N#C/C(=C/N1CCN(C(c2ccccc2)c2ccccc2)CC1)C(=O)NC1CCCCCCCCCCC1. The molecule has 38 heavy (non-hydrogen) atoms. The summed E-state index contributed by atoms with van der Waals surface area (Å²) in [5.41, 5.74) is 2.81. The van der Waals surface area contributed by atoms with Crippen molar-refractivity contribution >= 4 is 5.91 Å². The van der Waals surface area contributed by atoms with Crippen LogP contribution in [0, 0.1) is 11.3 Å². The van der Waals surface area contributed by atoms with Gasteiger partial charge >= 0.3 is 0 Å². The first-order valence-electron chi connectivity index (χ1n) is 14.8. The van der Waals surface area contributed by atoms with Crippen molar-refractivity contribution in [3.63, 3.8) is 0 Å². The second kappa shape index (κ2) is 15.3. The van der Waals surface area contributed by atoms with Crippen molar-refractivity contribution in [3.05, 3.63) is 83.6 Å². The van der Waals surface area contributed by atoms with E-state index in [1.54, 1.807) is 6.20 Å². The lowest BCUT2D eigenvalue weighted by atomic mass is 9.96. The number of rotatable bonds is 6. The minimum atomic E-state index is -0.210. The molecule has 0 radical (unpaired) electrons. The lowest BCUT2D eigenvalue weighted by Crippen LogP contribution is -2.46. The standard InChI is InChI=1S/C33H44N4O/c34-26-30(33(38)35-31-20-14-6-4-2-1-3-5-7-15-21-31)27-36-22-24-37(25-23-36)32(28-16-10-8-11-17-28)29-18-12-9-13-19-29/h8-13,16-19,27,31-32H,1-7,14-15,20-25H2,(H,35,38)/b30-27-. The summed E-state index contributed by atoms with van der Waals surface area (Å²) in [6.45, 7) is 3.32. The molecule has 0 atom stereocenters. The van der Waals surface area contributed by atoms with Crippen LogP contribution in [0.3, 0.4) is 0 Å². The molecule has 0 unspecified atom stereocenters. The highest BCUT2D eigenvalue weighted by molar-refractivity contribution is 5.97. The first kappa shape index (κ1) is 27.9. The van der Waals surface area contributed by atoms with Crippen molar-refractivity contribution in [2.75, 3.05) is 26.2 Å². The number of amides is 1. The van der Waals surface area contributed by atoms with Crippen molar-refractivity contribution in [2.24, 2.45) is 0 Å². The summed E-state index contributed by atoms with van der Waals surface area (Å²) >= 11 is 0. The van der Waals surface area contributed by atoms with Crippen molar-refractivity contribution in [3.8, 4) is 6.07 Å². The van der Waals surface area contributed by atoms with Crippen LogP contribution in [0.4, 0.5) is 0 Å². The number of nitriles is 1. The van der Waals surface area contributed by atoms with Gasteiger partial charge in [-0.3, -0.25) is 9.69 Å². The van der Waals surface area contributed by atoms with Crippen LogP contribution in [-0.2, 0) is 4.79 Å². The summed E-state index contributed by atoms with van der Waals surface area (Å²) in [6, 6.07) is 23.9. The van der Waals surface area contributed by atoms with Crippen molar-refractivity contribution in [1.29, 1.82) is 5.26 Å². The number of benzene rings is 2. The third-order valence-electron chi connectivity index (χ3n) is 8.06. The quantitative estimate of drug-likeness (QED) is 0.350. The molecule has 0 aromatic heterocycles. The van der Waals surface area contributed by atoms with Crippen LogP contribution in [0.25, 0.3) is 0 Å². The van der Waals surface area contributed by atoms with Crippen LogP contribution in [0.15, 0.2) is 72.4 Å². The van der Waals surface area contributed by atoms with Gasteiger partial charge < -0.3 is 10.2 Å². The van der Waals surface area contributed by atoms with Gasteiger partial charge in [0.05, 0.1) is 6.04 Å². The Kier molecular flexibility index (Phi) is 11.3. The fraction of sp³-hybridized carbons (Fsp3) is 0.515. The van der Waals surface area contributed by atoms with Gasteiger partial charge in [0.15, 0.2) is 0 Å². The highest BCUT2D eigenvalue weighted by atomic mass is 16.1. The summed E-state index contributed by atoms with van der Waals surface area (Å²) in [6.07, 6.45) is 15.3. The van der Waals surface area contributed by atoms with Gasteiger partial charge in [0, 0.05) is 38.4 Å². The number of hydrogen-bond acceptors (Lipinski definition) is 4. The molecule has 4 rings (SSSR count). The zero-order valence-electron chi connectivity index (χ0n) is 22.9. The van der Waals surface area contributed by atoms with E-state index in [0.29, 0.717) is 0 Å². The van der Waals surface area contributed by atoms with E-state index in [4.69, 9.17) is 0 Å². The Labute approximate surface area is 229 Å². The van der Waals surface area contributed by atoms with E-state index in [0.717, 1.165) is 51.9 Å². The maximum atomic E-state index is 13.1. The molecule has 5 heteroatoms. The van der Waals surface area contributed by atoms with Gasteiger partial charge in [-0.1, -0.05) is 118 Å². The van der Waals surface area contributed by atoms with E-state index in [1.807, 2.05) is 0 Å². The Morgan fingerprint density at radius 2 is 1.24 bits per heavy atom. The molecule has 1 heterocycles. The molecule has 0 bridgehead atoms. The summed E-state index contributed by atoms with van der Waals surface area (Å²) in [4.78, 5) is 17.7. The predicted molar refractivity (Wildman–Crippen MR) is 154 cm³/mol. The van der Waals surface area contributed by atoms with Crippen LogP contribution in [0.5, 0.6) is 0 Å². The molecule has 1 aliphatic carbocycles. The van der Waals surface area contributed by atoms with Gasteiger partial charge in [-0.05, 0) is 24.0 Å². The molecule has 2 aromatic carbocycles. The Bertz CT molecular complexity index is 986. The summed E-state index contributed by atoms with van der Waals surface area (Å²) in [5.74, 6) is -0.210. The molecule has 2 fully saturated rings. The van der Waals surface area contributed by atoms with E-state index in [1.165, 1.54) is 56.1 Å². The lowest BCUT2D eigenvalue weighted by Gasteiger charge is -2.39. The van der Waals surface area contributed by atoms with Crippen LogP contribution in [0.1, 0.15) is 87.8 Å². The molecule has 202 valence electrons. The molecule has 2 aliphatic rings. The Hall–Kier alpha value is -3.10. The molecule has 5 nitrogen and oxygen atoms in total. The smallest absolute Gasteiger partial charge is 0.263 e. The fourth-order valence-corrected chi connectivity index (χ4v) is 5.90. The molecule has 1 saturated carbocycles. The number of nitrogens with one attached hydrogen (secondary N) is 1. The monoisotopic (exact) mass is 512 g/mol. The Morgan fingerprint density at radius 1 is 0.763 bits per heavy atom. The summed E-state index contributed by atoms with van der Waals surface area (Å²) < 4.78 is 0. The summed E-state index contributed by atoms with van der Waals surface area (Å²) in [5, 5.41) is 13.0. The minimum Gasteiger partial charge on any atom is -0.374 e. The average molecular weight is 513 g/mol. The first-order chi connectivity index (χ1) is 18.7. The average Bonchev–Trinajstić information content (AvgIpc) is 2.95. The van der Waals surface area contributed by atoms with Crippen molar-refractivity contribution in [1.82, 2.24) is 15.1 Å². The number of hydrogen-bond donors (Lipinski definition) is 1. The van der Waals surface area contributed by atoms with Crippen LogP contribution in [-0.4, -0.2) is 47.9 Å². The third kappa shape index (κ3) is 8.46. The molecule has 1 saturated heterocycles. The first-order valence-corrected chi connectivity index (χ1v) is 14.8. The van der Waals surface area contributed by atoms with E-state index in [2.05, 4.69) is 81.8 Å². The molecule has 1 amide bonds. The molecule has 0 spiro atoms. The minimum absolute atomic E-state index is 0.174. The van der Waals surface area contributed by atoms with Crippen LogP contribution in [0.2, 0.25) is 0 Å². The maximum absolute atomic E-state index is 13.1. The third-order valence-corrected chi connectivity index (χ3v) is 8.06. The van der Waals surface area contributed by atoms with Crippen molar-refractivity contribution < 1.29 is 4.79 Å². The zero-order chi connectivity index (χ0) is 26.4. The van der Waals surface area contributed by atoms with Crippen LogP contribution < -0.4 is 5.32 Å². The van der Waals surface area contributed by atoms with Gasteiger partial charge in [-0.25, -0.2) is 0 Å². The van der Waals surface area contributed by atoms with Gasteiger partial charge in [0.25, 0.3) is 5.91 Å². The summed E-state index contributed by atoms with van der Waals surface area (Å²) in [7, 11) is 0. The number of piperazine rings is 1. The van der Waals surface area contributed by atoms with Gasteiger partial charge in [-0.2, -0.15) is 5.26 Å². The maximum Gasteiger partial charge on any atom is 0.263 e. The molecule has 1 N–H and O–H groups in total. The topological polar surface area (TPSA) is 59.4 Å². The molecule has 2 aromatic rings. The molecule has 1 aliphatic heterocycles. The Balaban J connectivity index is 1.35. The van der Waals surface area contributed by atoms with Crippen LogP contribution >= 0.6 is 0 Å². The van der Waals surface area contributed by atoms with E-state index < -0.39 is 0 Å². The van der Waals surface area contributed by atoms with Gasteiger partial charge in [0.2, 0.25) is 0 Å². The normalized spacial score (nSPS) is 19.3. The highest BCUT2D eigenvalue weighted by Gasteiger charge is 2.26. The zero-order valence-corrected chi connectivity index (χ0v) is 22.9. The fourth-order valence-electron chi connectivity index (χ4n) is 5.90.